The third-order valence-electron chi connectivity index (χ3n) is 3.22. The molecule has 0 heterocycles. The summed E-state index contributed by atoms with van der Waals surface area (Å²) in [4.78, 5) is 22.7. The van der Waals surface area contributed by atoms with E-state index in [-0.39, 0.29) is 5.69 Å². The van der Waals surface area contributed by atoms with Crippen LogP contribution in [0.1, 0.15) is 17.2 Å². The molecule has 108 valence electrons. The van der Waals surface area contributed by atoms with E-state index in [1.807, 2.05) is 30.3 Å². The molecule has 2 aromatic carbocycles. The van der Waals surface area contributed by atoms with Crippen molar-refractivity contribution in [2.75, 3.05) is 7.05 Å². The second kappa shape index (κ2) is 6.04. The number of rotatable bonds is 4. The second-order valence-electron chi connectivity index (χ2n) is 4.56. The average Bonchev–Trinajstić information content (AvgIpc) is 2.49. The van der Waals surface area contributed by atoms with Gasteiger partial charge in [0.25, 0.3) is 5.69 Å². The van der Waals surface area contributed by atoms with Crippen LogP contribution in [0.3, 0.4) is 0 Å². The summed E-state index contributed by atoms with van der Waals surface area (Å²) in [6.07, 6.45) is -1.07. The number of hydrogen-bond donors (Lipinski definition) is 1. The molecule has 21 heavy (non-hydrogen) atoms. The predicted molar refractivity (Wildman–Crippen MR) is 77.2 cm³/mol. The van der Waals surface area contributed by atoms with Crippen LogP contribution in [0.15, 0.2) is 54.6 Å². The SMILES string of the molecule is CN(C(=O)O)C(c1ccccc1)c1ccc([N+](=O)[O-])cc1. The lowest BCUT2D eigenvalue weighted by atomic mass is 9.97. The van der Waals surface area contributed by atoms with Crippen LogP contribution in [0.4, 0.5) is 10.5 Å². The van der Waals surface area contributed by atoms with Crippen LogP contribution >= 0.6 is 0 Å². The molecule has 1 N–H and O–H groups in total. The number of benzene rings is 2. The fraction of sp³-hybridized carbons (Fsp3) is 0.133. The monoisotopic (exact) mass is 286 g/mol. The Morgan fingerprint density at radius 2 is 1.62 bits per heavy atom. The Morgan fingerprint density at radius 3 is 2.10 bits per heavy atom. The van der Waals surface area contributed by atoms with Crippen LogP contribution in [0, 0.1) is 10.1 Å². The minimum atomic E-state index is -1.07. The van der Waals surface area contributed by atoms with Gasteiger partial charge < -0.3 is 10.0 Å². The van der Waals surface area contributed by atoms with Crippen LogP contribution in [0.5, 0.6) is 0 Å². The van der Waals surface area contributed by atoms with Gasteiger partial charge in [0, 0.05) is 19.2 Å². The first-order valence-corrected chi connectivity index (χ1v) is 6.25. The first-order chi connectivity index (χ1) is 10.0. The fourth-order valence-electron chi connectivity index (χ4n) is 2.16. The first-order valence-electron chi connectivity index (χ1n) is 6.25. The van der Waals surface area contributed by atoms with Gasteiger partial charge >= 0.3 is 6.09 Å². The molecule has 2 rings (SSSR count). The van der Waals surface area contributed by atoms with Crippen molar-refractivity contribution in [2.45, 2.75) is 6.04 Å². The van der Waals surface area contributed by atoms with Gasteiger partial charge in [0.2, 0.25) is 0 Å². The average molecular weight is 286 g/mol. The highest BCUT2D eigenvalue weighted by Gasteiger charge is 2.23. The van der Waals surface area contributed by atoms with E-state index in [0.29, 0.717) is 5.56 Å². The van der Waals surface area contributed by atoms with Crippen molar-refractivity contribution in [1.82, 2.24) is 4.90 Å². The van der Waals surface area contributed by atoms with Crippen LogP contribution in [0.2, 0.25) is 0 Å². The molecule has 0 aromatic heterocycles. The van der Waals surface area contributed by atoms with Crippen molar-refractivity contribution in [2.24, 2.45) is 0 Å². The number of carboxylic acid groups (broad SMARTS) is 1. The quantitative estimate of drug-likeness (QED) is 0.690. The van der Waals surface area contributed by atoms with E-state index in [1.165, 1.54) is 24.1 Å². The molecule has 0 aliphatic rings. The Balaban J connectivity index is 2.44. The number of nitro groups is 1. The highest BCUT2D eigenvalue weighted by atomic mass is 16.6. The Morgan fingerprint density at radius 1 is 1.10 bits per heavy atom. The van der Waals surface area contributed by atoms with Gasteiger partial charge in [0.05, 0.1) is 11.0 Å². The number of amides is 1. The topological polar surface area (TPSA) is 83.7 Å². The molecule has 0 aliphatic carbocycles. The summed E-state index contributed by atoms with van der Waals surface area (Å²) in [5, 5.41) is 19.9. The molecule has 2 aromatic rings. The lowest BCUT2D eigenvalue weighted by molar-refractivity contribution is -0.384. The maximum absolute atomic E-state index is 11.3. The highest BCUT2D eigenvalue weighted by Crippen LogP contribution is 2.28. The van der Waals surface area contributed by atoms with Gasteiger partial charge in [0.15, 0.2) is 0 Å². The van der Waals surface area contributed by atoms with E-state index < -0.39 is 17.1 Å². The molecule has 6 heteroatoms. The Bertz CT molecular complexity index is 640. The van der Waals surface area contributed by atoms with Crippen molar-refractivity contribution in [3.63, 3.8) is 0 Å². The third kappa shape index (κ3) is 3.17. The molecule has 0 aliphatic heterocycles. The van der Waals surface area contributed by atoms with Crippen molar-refractivity contribution in [1.29, 1.82) is 0 Å². The van der Waals surface area contributed by atoms with Crippen LogP contribution < -0.4 is 0 Å². The maximum Gasteiger partial charge on any atom is 0.407 e. The summed E-state index contributed by atoms with van der Waals surface area (Å²) in [6, 6.07) is 14.5. The van der Waals surface area contributed by atoms with E-state index >= 15 is 0 Å². The lowest BCUT2D eigenvalue weighted by Gasteiger charge is -2.26. The molecule has 1 unspecified atom stereocenters. The van der Waals surface area contributed by atoms with Gasteiger partial charge in [0.1, 0.15) is 0 Å². The molecule has 0 radical (unpaired) electrons. The molecule has 0 saturated carbocycles. The Labute approximate surface area is 121 Å². The van der Waals surface area contributed by atoms with E-state index in [2.05, 4.69) is 0 Å². The summed E-state index contributed by atoms with van der Waals surface area (Å²) >= 11 is 0. The maximum atomic E-state index is 11.3. The minimum absolute atomic E-state index is 0.0245. The van der Waals surface area contributed by atoms with E-state index in [1.54, 1.807) is 12.1 Å². The smallest absolute Gasteiger partial charge is 0.407 e. The summed E-state index contributed by atoms with van der Waals surface area (Å²) in [5.41, 5.74) is 1.46. The molecular formula is C15H14N2O4. The molecule has 6 nitrogen and oxygen atoms in total. The van der Waals surface area contributed by atoms with Gasteiger partial charge in [-0.25, -0.2) is 4.79 Å². The van der Waals surface area contributed by atoms with E-state index in [4.69, 9.17) is 0 Å². The van der Waals surface area contributed by atoms with Gasteiger partial charge in [-0.05, 0) is 23.3 Å². The predicted octanol–water partition coefficient (Wildman–Crippen LogP) is 3.29. The molecule has 1 amide bonds. The van der Waals surface area contributed by atoms with Crippen molar-refractivity contribution in [3.05, 3.63) is 75.8 Å². The van der Waals surface area contributed by atoms with Gasteiger partial charge in [-0.2, -0.15) is 0 Å². The van der Waals surface area contributed by atoms with Crippen LogP contribution in [0.25, 0.3) is 0 Å². The summed E-state index contributed by atoms with van der Waals surface area (Å²) in [7, 11) is 1.47. The summed E-state index contributed by atoms with van der Waals surface area (Å²) in [5.74, 6) is 0. The Hall–Kier alpha value is -2.89. The van der Waals surface area contributed by atoms with E-state index in [9.17, 15) is 20.0 Å². The standard InChI is InChI=1S/C15H14N2O4/c1-16(15(18)19)14(11-5-3-2-4-6-11)12-7-9-13(10-8-12)17(20)21/h2-10,14H,1H3,(H,18,19). The number of nitrogens with zero attached hydrogens (tertiary/aromatic N) is 2. The number of non-ortho nitro benzene ring substituents is 1. The van der Waals surface area contributed by atoms with Crippen LogP contribution in [-0.2, 0) is 0 Å². The fourth-order valence-corrected chi connectivity index (χ4v) is 2.16. The van der Waals surface area contributed by atoms with Crippen molar-refractivity contribution in [3.8, 4) is 0 Å². The molecule has 0 saturated heterocycles. The lowest BCUT2D eigenvalue weighted by Crippen LogP contribution is -2.30. The first kappa shape index (κ1) is 14.5. The van der Waals surface area contributed by atoms with E-state index in [0.717, 1.165) is 5.56 Å². The van der Waals surface area contributed by atoms with Crippen molar-refractivity contribution < 1.29 is 14.8 Å². The van der Waals surface area contributed by atoms with Crippen molar-refractivity contribution >= 4 is 11.8 Å². The van der Waals surface area contributed by atoms with Gasteiger partial charge in [-0.3, -0.25) is 10.1 Å². The van der Waals surface area contributed by atoms with Crippen LogP contribution in [-0.4, -0.2) is 28.1 Å². The zero-order valence-electron chi connectivity index (χ0n) is 11.3. The third-order valence-corrected chi connectivity index (χ3v) is 3.22. The number of nitro benzene ring substituents is 1. The Kier molecular flexibility index (Phi) is 4.18. The summed E-state index contributed by atoms with van der Waals surface area (Å²) in [6.45, 7) is 0. The van der Waals surface area contributed by atoms with Gasteiger partial charge in [-0.15, -0.1) is 0 Å². The second-order valence-corrected chi connectivity index (χ2v) is 4.56. The molecule has 1 atom stereocenters. The molecular weight excluding hydrogens is 272 g/mol. The summed E-state index contributed by atoms with van der Waals surface area (Å²) < 4.78 is 0. The minimum Gasteiger partial charge on any atom is -0.465 e. The number of carbonyl (C=O) groups is 1. The molecule has 0 fully saturated rings. The highest BCUT2D eigenvalue weighted by molar-refractivity contribution is 5.66. The zero-order valence-corrected chi connectivity index (χ0v) is 11.3. The zero-order chi connectivity index (χ0) is 15.4. The number of hydrogen-bond acceptors (Lipinski definition) is 3. The normalized spacial score (nSPS) is 11.7. The van der Waals surface area contributed by atoms with Gasteiger partial charge in [-0.1, -0.05) is 30.3 Å². The molecule has 0 bridgehead atoms. The molecule has 0 spiro atoms. The largest absolute Gasteiger partial charge is 0.465 e.